The third-order valence-corrected chi connectivity index (χ3v) is 6.02. The molecule has 0 saturated heterocycles. The number of nitrogens with zero attached hydrogens (tertiary/aromatic N) is 4. The lowest BCUT2D eigenvalue weighted by Gasteiger charge is -2.39. The van der Waals surface area contributed by atoms with Crippen LogP contribution in [0.5, 0.6) is 11.5 Å². The molecule has 3 aromatic rings. The molecule has 0 bridgehead atoms. The zero-order valence-corrected chi connectivity index (χ0v) is 21.9. The molecule has 12 heteroatoms. The summed E-state index contributed by atoms with van der Waals surface area (Å²) in [7, 11) is 10.8. The Balaban J connectivity index is 0.000000207. The van der Waals surface area contributed by atoms with Crippen molar-refractivity contribution in [1.82, 2.24) is 15.1 Å². The lowest BCUT2D eigenvalue weighted by atomic mass is 10.1. The van der Waals surface area contributed by atoms with Crippen LogP contribution in [0.25, 0.3) is 21.9 Å². The van der Waals surface area contributed by atoms with Crippen LogP contribution in [0.4, 0.5) is 4.79 Å². The fourth-order valence-corrected chi connectivity index (χ4v) is 4.04. The standard InChI is InChI=1S/C18H22NO5.C7H10N4O2/c1-11-10-13(20)14-15(23-9-7-19(2,3)4)12-6-8-22-16(12)18(21-5)17(14)24-11;1-10-5-4(8-3-9-5)6(12)11(2)7(10)13/h6,8,10H,7,9H2,1-5H3;3,5,12H,1-2H3,(H,8,9)/q+1;/p-1. The van der Waals surface area contributed by atoms with E-state index in [0.717, 1.165) is 15.9 Å². The fourth-order valence-electron chi connectivity index (χ4n) is 4.04. The first-order valence-electron chi connectivity index (χ1n) is 11.6. The highest BCUT2D eigenvalue weighted by atomic mass is 16.5. The van der Waals surface area contributed by atoms with Gasteiger partial charge in [-0.25, -0.2) is 9.79 Å². The Morgan fingerprint density at radius 3 is 2.59 bits per heavy atom. The molecular formula is C25H31N5O7. The third-order valence-electron chi connectivity index (χ3n) is 6.02. The van der Waals surface area contributed by atoms with Crippen molar-refractivity contribution < 1.29 is 32.7 Å². The van der Waals surface area contributed by atoms with Gasteiger partial charge in [0, 0.05) is 20.2 Å². The second-order valence-electron chi connectivity index (χ2n) is 9.78. The number of nitrogens with one attached hydrogen (secondary N) is 1. The third kappa shape index (κ3) is 4.79. The van der Waals surface area contributed by atoms with Gasteiger partial charge in [-0.2, -0.15) is 0 Å². The van der Waals surface area contributed by atoms with E-state index < -0.39 is 6.17 Å². The van der Waals surface area contributed by atoms with Crippen LogP contribution in [-0.2, 0) is 0 Å². The molecule has 12 nitrogen and oxygen atoms in total. The molecule has 1 unspecified atom stereocenters. The summed E-state index contributed by atoms with van der Waals surface area (Å²) >= 11 is 0. The first-order chi connectivity index (χ1) is 17.4. The van der Waals surface area contributed by atoms with Gasteiger partial charge in [-0.1, -0.05) is 0 Å². The molecule has 2 aliphatic heterocycles. The first kappa shape index (κ1) is 25.9. The zero-order valence-electron chi connectivity index (χ0n) is 21.9. The second kappa shape index (κ2) is 9.69. The van der Waals surface area contributed by atoms with Crippen molar-refractivity contribution in [3.63, 3.8) is 0 Å². The Bertz CT molecular complexity index is 1460. The topological polar surface area (TPSA) is 133 Å². The highest BCUT2D eigenvalue weighted by Gasteiger charge is 2.33. The van der Waals surface area contributed by atoms with Gasteiger partial charge in [0.2, 0.25) is 5.75 Å². The van der Waals surface area contributed by atoms with E-state index in [1.807, 2.05) is 0 Å². The number of amides is 2. The summed E-state index contributed by atoms with van der Waals surface area (Å²) in [5.74, 6) is 1.08. The molecule has 0 saturated carbocycles. The number of quaternary nitrogens is 1. The molecule has 2 aromatic heterocycles. The van der Waals surface area contributed by atoms with Crippen LogP contribution < -0.4 is 25.3 Å². The SMILES string of the molecule is CN1C(=O)N(C)C2N=CNC2=C1[O-].COc1c2occc2c(OCC[N+](C)(C)C)c2c(=O)cc(C)oc12. The molecule has 37 heavy (non-hydrogen) atoms. The van der Waals surface area contributed by atoms with Crippen LogP contribution in [0.3, 0.4) is 0 Å². The van der Waals surface area contributed by atoms with Crippen molar-refractivity contribution in [1.29, 1.82) is 0 Å². The van der Waals surface area contributed by atoms with Crippen LogP contribution in [0.15, 0.2) is 48.6 Å². The van der Waals surface area contributed by atoms with Crippen molar-refractivity contribution in [2.45, 2.75) is 13.1 Å². The number of hydrogen-bond acceptors (Lipinski definition) is 9. The van der Waals surface area contributed by atoms with Crippen LogP contribution in [0.1, 0.15) is 5.76 Å². The molecule has 1 atom stereocenters. The van der Waals surface area contributed by atoms with Crippen molar-refractivity contribution in [3.05, 3.63) is 46.0 Å². The predicted molar refractivity (Wildman–Crippen MR) is 135 cm³/mol. The van der Waals surface area contributed by atoms with Crippen LogP contribution in [0, 0.1) is 6.92 Å². The normalized spacial score (nSPS) is 17.2. The molecule has 5 rings (SSSR count). The highest BCUT2D eigenvalue weighted by molar-refractivity contribution is 6.06. The van der Waals surface area contributed by atoms with Crippen LogP contribution >= 0.6 is 0 Å². The maximum absolute atomic E-state index is 12.6. The summed E-state index contributed by atoms with van der Waals surface area (Å²) in [6, 6.07) is 2.90. The number of hydrogen-bond donors (Lipinski definition) is 1. The number of carbonyl (C=O) groups excluding carboxylic acids is 1. The summed E-state index contributed by atoms with van der Waals surface area (Å²) in [5.41, 5.74) is 1.14. The van der Waals surface area contributed by atoms with Gasteiger partial charge < -0.3 is 38.1 Å². The molecule has 1 N–H and O–H groups in total. The van der Waals surface area contributed by atoms with Crippen molar-refractivity contribution in [2.75, 3.05) is 55.5 Å². The number of fused-ring (bicyclic) bond motifs is 3. The van der Waals surface area contributed by atoms with Gasteiger partial charge >= 0.3 is 6.03 Å². The van der Waals surface area contributed by atoms with Crippen molar-refractivity contribution >= 4 is 34.3 Å². The number of benzene rings is 1. The fraction of sp³-hybridized carbons (Fsp3) is 0.400. The van der Waals surface area contributed by atoms with Gasteiger partial charge in [0.1, 0.15) is 30.0 Å². The van der Waals surface area contributed by atoms with Gasteiger partial charge in [0.15, 0.2) is 22.8 Å². The van der Waals surface area contributed by atoms with Crippen molar-refractivity contribution in [2.24, 2.45) is 4.99 Å². The molecule has 0 spiro atoms. The molecule has 0 radical (unpaired) electrons. The molecule has 4 heterocycles. The number of carbonyl (C=O) groups is 1. The molecule has 0 fully saturated rings. The number of methoxy groups -OCH3 is 1. The Kier molecular flexibility index (Phi) is 6.78. The minimum Gasteiger partial charge on any atom is -0.859 e. The van der Waals surface area contributed by atoms with E-state index in [4.69, 9.17) is 18.3 Å². The Labute approximate surface area is 213 Å². The predicted octanol–water partition coefficient (Wildman–Crippen LogP) is 1.41. The average Bonchev–Trinajstić information content (AvgIpc) is 3.51. The van der Waals surface area contributed by atoms with E-state index in [0.29, 0.717) is 51.5 Å². The Morgan fingerprint density at radius 1 is 1.19 bits per heavy atom. The second-order valence-corrected chi connectivity index (χ2v) is 9.78. The molecule has 2 amide bonds. The van der Waals surface area contributed by atoms with Gasteiger partial charge in [-0.3, -0.25) is 9.69 Å². The van der Waals surface area contributed by atoms with Gasteiger partial charge in [0.05, 0.1) is 51.9 Å². The maximum Gasteiger partial charge on any atom is 0.325 e. The molecule has 198 valence electrons. The molecular weight excluding hydrogens is 482 g/mol. The summed E-state index contributed by atoms with van der Waals surface area (Å²) in [4.78, 5) is 30.4. The lowest BCUT2D eigenvalue weighted by Crippen LogP contribution is -2.52. The first-order valence-corrected chi connectivity index (χ1v) is 11.6. The summed E-state index contributed by atoms with van der Waals surface area (Å²) in [6.07, 6.45) is 2.52. The van der Waals surface area contributed by atoms with Gasteiger partial charge in [0.25, 0.3) is 0 Å². The number of furan rings is 1. The largest absolute Gasteiger partial charge is 0.859 e. The monoisotopic (exact) mass is 513 g/mol. The van der Waals surface area contributed by atoms with E-state index in [9.17, 15) is 14.7 Å². The highest BCUT2D eigenvalue weighted by Crippen LogP contribution is 2.42. The summed E-state index contributed by atoms with van der Waals surface area (Å²) in [6.45, 7) is 2.99. The number of rotatable bonds is 5. The Hall–Kier alpha value is -4.19. The summed E-state index contributed by atoms with van der Waals surface area (Å²) < 4.78 is 23.5. The smallest absolute Gasteiger partial charge is 0.325 e. The zero-order chi connectivity index (χ0) is 27.1. The minimum atomic E-state index is -0.462. The maximum atomic E-state index is 12.6. The number of urea groups is 1. The number of aliphatic imine (C=N–C) groups is 1. The van der Waals surface area contributed by atoms with E-state index in [-0.39, 0.29) is 17.3 Å². The van der Waals surface area contributed by atoms with Crippen molar-refractivity contribution in [3.8, 4) is 11.5 Å². The van der Waals surface area contributed by atoms with Crippen LogP contribution in [0.2, 0.25) is 0 Å². The van der Waals surface area contributed by atoms with E-state index in [1.54, 1.807) is 26.3 Å². The van der Waals surface area contributed by atoms with E-state index in [1.165, 1.54) is 31.5 Å². The minimum absolute atomic E-state index is 0.157. The summed E-state index contributed by atoms with van der Waals surface area (Å²) in [5, 5.41) is 15.3. The molecule has 0 aliphatic carbocycles. The van der Waals surface area contributed by atoms with E-state index in [2.05, 4.69) is 31.5 Å². The quantitative estimate of drug-likeness (QED) is 0.507. The number of likely N-dealkylation sites (N-methyl/N-ethyl adjacent to an activating group) is 2. The number of ether oxygens (including phenoxy) is 2. The number of aryl methyl sites for hydroxylation is 1. The van der Waals surface area contributed by atoms with E-state index >= 15 is 0 Å². The van der Waals surface area contributed by atoms with Gasteiger partial charge in [-0.05, 0) is 18.9 Å². The molecule has 2 aliphatic rings. The molecule has 1 aromatic carbocycles. The lowest BCUT2D eigenvalue weighted by molar-refractivity contribution is -0.870. The average molecular weight is 514 g/mol. The van der Waals surface area contributed by atoms with Gasteiger partial charge in [-0.15, -0.1) is 0 Å². The van der Waals surface area contributed by atoms with Crippen LogP contribution in [-0.4, -0.2) is 88.3 Å². The Morgan fingerprint density at radius 2 is 1.92 bits per heavy atom.